The van der Waals surface area contributed by atoms with Crippen molar-refractivity contribution in [3.05, 3.63) is 47.5 Å². The molecule has 132 valence electrons. The van der Waals surface area contributed by atoms with E-state index in [9.17, 15) is 14.0 Å². The van der Waals surface area contributed by atoms with Crippen LogP contribution in [0.25, 0.3) is 0 Å². The maximum absolute atomic E-state index is 13.6. The Morgan fingerprint density at radius 3 is 2.80 bits per heavy atom. The molecule has 1 aliphatic rings. The first-order valence-corrected chi connectivity index (χ1v) is 7.98. The summed E-state index contributed by atoms with van der Waals surface area (Å²) in [5.74, 6) is -0.915. The van der Waals surface area contributed by atoms with Gasteiger partial charge in [0.05, 0.1) is 25.1 Å². The van der Waals surface area contributed by atoms with Crippen LogP contribution in [0.4, 0.5) is 10.1 Å². The second-order valence-corrected chi connectivity index (χ2v) is 5.84. The topological polar surface area (TPSA) is 76.5 Å². The highest BCUT2D eigenvalue weighted by atomic mass is 19.1. The standard InChI is InChI=1S/C17H19FN4O3/c1-12-2-3-13(8-15(12)18)17(24)20-14-9-19-22(10-14)11-16(23)21-4-6-25-7-5-21/h2-3,8-10H,4-7,11H2,1H3,(H,20,24). The van der Waals surface area contributed by atoms with E-state index in [1.54, 1.807) is 30.2 Å². The van der Waals surface area contributed by atoms with E-state index >= 15 is 0 Å². The molecule has 3 rings (SSSR count). The molecule has 1 aromatic carbocycles. The van der Waals surface area contributed by atoms with Crippen LogP contribution >= 0.6 is 0 Å². The smallest absolute Gasteiger partial charge is 0.255 e. The van der Waals surface area contributed by atoms with Crippen molar-refractivity contribution >= 4 is 17.5 Å². The molecule has 8 heteroatoms. The number of ether oxygens (including phenoxy) is 1. The van der Waals surface area contributed by atoms with Gasteiger partial charge in [-0.1, -0.05) is 6.07 Å². The minimum absolute atomic E-state index is 0.0510. The van der Waals surface area contributed by atoms with Crippen molar-refractivity contribution in [3.8, 4) is 0 Å². The number of aromatic nitrogens is 2. The number of nitrogens with one attached hydrogen (secondary N) is 1. The van der Waals surface area contributed by atoms with E-state index in [2.05, 4.69) is 10.4 Å². The molecule has 0 aliphatic carbocycles. The van der Waals surface area contributed by atoms with Crippen LogP contribution in [0.1, 0.15) is 15.9 Å². The SMILES string of the molecule is Cc1ccc(C(=O)Nc2cnn(CC(=O)N3CCOCC3)c2)cc1F. The van der Waals surface area contributed by atoms with E-state index in [1.165, 1.54) is 16.9 Å². The average molecular weight is 346 g/mol. The van der Waals surface area contributed by atoms with E-state index in [1.807, 2.05) is 0 Å². The number of nitrogens with zero attached hydrogens (tertiary/aromatic N) is 3. The zero-order chi connectivity index (χ0) is 17.8. The van der Waals surface area contributed by atoms with Crippen LogP contribution < -0.4 is 5.32 Å². The van der Waals surface area contributed by atoms with Gasteiger partial charge in [-0.25, -0.2) is 4.39 Å². The van der Waals surface area contributed by atoms with Crippen LogP contribution in [0.3, 0.4) is 0 Å². The molecular formula is C17H19FN4O3. The molecule has 0 saturated carbocycles. The summed E-state index contributed by atoms with van der Waals surface area (Å²) in [5.41, 5.74) is 1.15. The molecule has 1 aromatic heterocycles. The predicted molar refractivity (Wildman–Crippen MR) is 88.7 cm³/mol. The highest BCUT2D eigenvalue weighted by Gasteiger charge is 2.17. The Hall–Kier alpha value is -2.74. The normalized spacial score (nSPS) is 14.4. The third kappa shape index (κ3) is 4.21. The second-order valence-electron chi connectivity index (χ2n) is 5.84. The molecule has 7 nitrogen and oxygen atoms in total. The number of anilines is 1. The summed E-state index contributed by atoms with van der Waals surface area (Å²) in [5, 5.41) is 6.72. The molecule has 1 aliphatic heterocycles. The van der Waals surface area contributed by atoms with Gasteiger partial charge in [0.1, 0.15) is 12.4 Å². The van der Waals surface area contributed by atoms with Crippen molar-refractivity contribution in [1.29, 1.82) is 0 Å². The first-order chi connectivity index (χ1) is 12.0. The van der Waals surface area contributed by atoms with Gasteiger partial charge in [0.2, 0.25) is 5.91 Å². The number of carbonyl (C=O) groups is 2. The van der Waals surface area contributed by atoms with Crippen LogP contribution in [0.2, 0.25) is 0 Å². The van der Waals surface area contributed by atoms with E-state index < -0.39 is 11.7 Å². The Balaban J connectivity index is 1.60. The van der Waals surface area contributed by atoms with E-state index in [0.717, 1.165) is 0 Å². The number of amides is 2. The summed E-state index contributed by atoms with van der Waals surface area (Å²) in [4.78, 5) is 26.0. The monoisotopic (exact) mass is 346 g/mol. The van der Waals surface area contributed by atoms with Gasteiger partial charge in [0.15, 0.2) is 0 Å². The fraction of sp³-hybridized carbons (Fsp3) is 0.353. The van der Waals surface area contributed by atoms with Gasteiger partial charge in [-0.05, 0) is 24.6 Å². The maximum Gasteiger partial charge on any atom is 0.255 e. The molecule has 25 heavy (non-hydrogen) atoms. The van der Waals surface area contributed by atoms with Crippen molar-refractivity contribution in [2.24, 2.45) is 0 Å². The number of morpholine rings is 1. The fourth-order valence-corrected chi connectivity index (χ4v) is 2.50. The van der Waals surface area contributed by atoms with Gasteiger partial charge in [0, 0.05) is 24.8 Å². The molecule has 0 atom stereocenters. The van der Waals surface area contributed by atoms with Gasteiger partial charge >= 0.3 is 0 Å². The molecule has 0 radical (unpaired) electrons. The van der Waals surface area contributed by atoms with Crippen LogP contribution in [0.5, 0.6) is 0 Å². The lowest BCUT2D eigenvalue weighted by molar-refractivity contribution is -0.136. The first-order valence-electron chi connectivity index (χ1n) is 7.98. The Bertz CT molecular complexity index is 784. The Morgan fingerprint density at radius 2 is 2.08 bits per heavy atom. The van der Waals surface area contributed by atoms with Gasteiger partial charge < -0.3 is 15.0 Å². The minimum atomic E-state index is -0.432. The molecular weight excluding hydrogens is 327 g/mol. The predicted octanol–water partition coefficient (Wildman–Crippen LogP) is 1.44. The summed E-state index contributed by atoms with van der Waals surface area (Å²) in [6.07, 6.45) is 3.02. The van der Waals surface area contributed by atoms with Crippen LogP contribution in [0.15, 0.2) is 30.6 Å². The van der Waals surface area contributed by atoms with Gasteiger partial charge in [-0.2, -0.15) is 5.10 Å². The van der Waals surface area contributed by atoms with Crippen LogP contribution in [-0.2, 0) is 16.1 Å². The van der Waals surface area contributed by atoms with Crippen molar-refractivity contribution in [1.82, 2.24) is 14.7 Å². The maximum atomic E-state index is 13.6. The van der Waals surface area contributed by atoms with Gasteiger partial charge in [-0.3, -0.25) is 14.3 Å². The molecule has 2 aromatic rings. The molecule has 1 saturated heterocycles. The highest BCUT2D eigenvalue weighted by molar-refractivity contribution is 6.04. The van der Waals surface area contributed by atoms with E-state index in [0.29, 0.717) is 37.6 Å². The molecule has 1 N–H and O–H groups in total. The Morgan fingerprint density at radius 1 is 1.32 bits per heavy atom. The summed E-state index contributed by atoms with van der Waals surface area (Å²) in [6, 6.07) is 4.30. The van der Waals surface area contributed by atoms with Crippen molar-refractivity contribution < 1.29 is 18.7 Å². The summed E-state index contributed by atoms with van der Waals surface area (Å²) >= 11 is 0. The largest absolute Gasteiger partial charge is 0.378 e. The Labute approximate surface area is 144 Å². The molecule has 0 spiro atoms. The number of hydrogen-bond donors (Lipinski definition) is 1. The lowest BCUT2D eigenvalue weighted by Crippen LogP contribution is -2.42. The van der Waals surface area contributed by atoms with Gasteiger partial charge in [-0.15, -0.1) is 0 Å². The summed E-state index contributed by atoms with van der Waals surface area (Å²) in [6.45, 7) is 3.95. The molecule has 2 amide bonds. The van der Waals surface area contributed by atoms with Crippen molar-refractivity contribution in [2.75, 3.05) is 31.6 Å². The molecule has 2 heterocycles. The zero-order valence-electron chi connectivity index (χ0n) is 13.9. The summed E-state index contributed by atoms with van der Waals surface area (Å²) < 4.78 is 20.2. The lowest BCUT2D eigenvalue weighted by atomic mass is 10.1. The number of hydrogen-bond acceptors (Lipinski definition) is 4. The molecule has 1 fully saturated rings. The average Bonchev–Trinajstić information content (AvgIpc) is 3.04. The van der Waals surface area contributed by atoms with Gasteiger partial charge in [0.25, 0.3) is 5.91 Å². The second kappa shape index (κ2) is 7.43. The number of benzene rings is 1. The highest BCUT2D eigenvalue weighted by Crippen LogP contribution is 2.12. The zero-order valence-corrected chi connectivity index (χ0v) is 13.9. The third-order valence-electron chi connectivity index (χ3n) is 3.99. The number of rotatable bonds is 4. The first kappa shape index (κ1) is 17.1. The van der Waals surface area contributed by atoms with E-state index in [4.69, 9.17) is 4.74 Å². The number of aryl methyl sites for hydroxylation is 1. The lowest BCUT2D eigenvalue weighted by Gasteiger charge is -2.26. The number of halogens is 1. The van der Waals surface area contributed by atoms with E-state index in [-0.39, 0.29) is 18.0 Å². The molecule has 0 bridgehead atoms. The fourth-order valence-electron chi connectivity index (χ4n) is 2.50. The van der Waals surface area contributed by atoms with Crippen LogP contribution in [0, 0.1) is 12.7 Å². The van der Waals surface area contributed by atoms with Crippen molar-refractivity contribution in [3.63, 3.8) is 0 Å². The molecule has 0 unspecified atom stereocenters. The van der Waals surface area contributed by atoms with Crippen LogP contribution in [-0.4, -0.2) is 52.8 Å². The quantitative estimate of drug-likeness (QED) is 0.909. The summed E-state index contributed by atoms with van der Waals surface area (Å²) in [7, 11) is 0. The minimum Gasteiger partial charge on any atom is -0.378 e. The Kier molecular flexibility index (Phi) is 5.08. The van der Waals surface area contributed by atoms with Crippen molar-refractivity contribution in [2.45, 2.75) is 13.5 Å². The third-order valence-corrected chi connectivity index (χ3v) is 3.99. The number of carbonyl (C=O) groups excluding carboxylic acids is 2.